The molecule has 134 valence electrons. The summed E-state index contributed by atoms with van der Waals surface area (Å²) in [5, 5.41) is 5.36. The van der Waals surface area contributed by atoms with E-state index in [4.69, 9.17) is 4.74 Å². The van der Waals surface area contributed by atoms with Crippen LogP contribution in [-0.4, -0.2) is 25.5 Å². The SMILES string of the molecule is COc1ccc(OC(F)(F)F)cc1NC(=O)NC1CCC(C)CC1. The summed E-state index contributed by atoms with van der Waals surface area (Å²) in [4.78, 5) is 12.1. The molecule has 0 radical (unpaired) electrons. The van der Waals surface area contributed by atoms with E-state index in [0.717, 1.165) is 37.8 Å². The molecule has 24 heavy (non-hydrogen) atoms. The lowest BCUT2D eigenvalue weighted by molar-refractivity contribution is -0.274. The average molecular weight is 346 g/mol. The Morgan fingerprint density at radius 1 is 1.21 bits per heavy atom. The number of rotatable bonds is 4. The van der Waals surface area contributed by atoms with Gasteiger partial charge in [-0.2, -0.15) is 0 Å². The number of halogens is 3. The molecule has 0 bridgehead atoms. The Morgan fingerprint density at radius 2 is 1.88 bits per heavy atom. The number of carbonyl (C=O) groups excluding carboxylic acids is 1. The Balaban J connectivity index is 2.01. The molecule has 8 heteroatoms. The van der Waals surface area contributed by atoms with Crippen LogP contribution in [0.2, 0.25) is 0 Å². The predicted molar refractivity (Wildman–Crippen MR) is 83.3 cm³/mol. The number of ether oxygens (including phenoxy) is 2. The summed E-state index contributed by atoms with van der Waals surface area (Å²) in [7, 11) is 1.37. The molecular weight excluding hydrogens is 325 g/mol. The summed E-state index contributed by atoms with van der Waals surface area (Å²) in [5.41, 5.74) is 0.112. The van der Waals surface area contributed by atoms with E-state index >= 15 is 0 Å². The fourth-order valence-corrected chi connectivity index (χ4v) is 2.73. The monoisotopic (exact) mass is 346 g/mol. The fraction of sp³-hybridized carbons (Fsp3) is 0.562. The average Bonchev–Trinajstić information content (AvgIpc) is 2.48. The van der Waals surface area contributed by atoms with Crippen molar-refractivity contribution in [3.05, 3.63) is 18.2 Å². The van der Waals surface area contributed by atoms with Crippen molar-refractivity contribution in [1.29, 1.82) is 0 Å². The molecule has 0 aliphatic heterocycles. The first-order valence-corrected chi connectivity index (χ1v) is 7.78. The Bertz CT molecular complexity index is 570. The summed E-state index contributed by atoms with van der Waals surface area (Å²) in [5.74, 6) is 0.476. The Kier molecular flexibility index (Phi) is 5.80. The fourth-order valence-electron chi connectivity index (χ4n) is 2.73. The van der Waals surface area contributed by atoms with Crippen molar-refractivity contribution in [3.8, 4) is 11.5 Å². The van der Waals surface area contributed by atoms with E-state index < -0.39 is 18.1 Å². The third-order valence-electron chi connectivity index (χ3n) is 4.00. The number of methoxy groups -OCH3 is 1. The van der Waals surface area contributed by atoms with Crippen LogP contribution in [-0.2, 0) is 0 Å². The van der Waals surface area contributed by atoms with Gasteiger partial charge in [-0.25, -0.2) is 4.79 Å². The van der Waals surface area contributed by atoms with Crippen molar-refractivity contribution < 1.29 is 27.4 Å². The molecule has 2 rings (SSSR count). The van der Waals surface area contributed by atoms with Gasteiger partial charge in [0.2, 0.25) is 0 Å². The maximum absolute atomic E-state index is 12.3. The van der Waals surface area contributed by atoms with E-state index in [2.05, 4.69) is 22.3 Å². The van der Waals surface area contributed by atoms with E-state index in [1.807, 2.05) is 0 Å². The third kappa shape index (κ3) is 5.50. The normalized spacial score (nSPS) is 21.0. The van der Waals surface area contributed by atoms with Crippen molar-refractivity contribution in [2.75, 3.05) is 12.4 Å². The molecule has 0 aromatic heterocycles. The van der Waals surface area contributed by atoms with Gasteiger partial charge in [0.25, 0.3) is 0 Å². The van der Waals surface area contributed by atoms with Crippen LogP contribution in [0.25, 0.3) is 0 Å². The Hall–Kier alpha value is -2.12. The summed E-state index contributed by atoms with van der Waals surface area (Å²) in [6.07, 6.45) is -0.925. The summed E-state index contributed by atoms with van der Waals surface area (Å²) < 4.78 is 45.8. The van der Waals surface area contributed by atoms with Crippen molar-refractivity contribution >= 4 is 11.7 Å². The van der Waals surface area contributed by atoms with Gasteiger partial charge in [-0.1, -0.05) is 6.92 Å². The van der Waals surface area contributed by atoms with Gasteiger partial charge in [0, 0.05) is 12.1 Å². The van der Waals surface area contributed by atoms with E-state index in [-0.39, 0.29) is 17.5 Å². The number of alkyl halides is 3. The van der Waals surface area contributed by atoms with Gasteiger partial charge < -0.3 is 20.1 Å². The van der Waals surface area contributed by atoms with Crippen LogP contribution < -0.4 is 20.1 Å². The summed E-state index contributed by atoms with van der Waals surface area (Å²) in [6.45, 7) is 2.17. The van der Waals surface area contributed by atoms with Crippen molar-refractivity contribution in [3.63, 3.8) is 0 Å². The quantitative estimate of drug-likeness (QED) is 0.855. The van der Waals surface area contributed by atoms with Crippen LogP contribution in [0.3, 0.4) is 0 Å². The van der Waals surface area contributed by atoms with Crippen molar-refractivity contribution in [2.24, 2.45) is 5.92 Å². The molecule has 0 atom stereocenters. The number of carbonyl (C=O) groups is 1. The van der Waals surface area contributed by atoms with Gasteiger partial charge in [0.15, 0.2) is 0 Å². The number of anilines is 1. The van der Waals surface area contributed by atoms with Gasteiger partial charge in [-0.05, 0) is 43.7 Å². The highest BCUT2D eigenvalue weighted by Gasteiger charge is 2.31. The lowest BCUT2D eigenvalue weighted by Gasteiger charge is -2.27. The minimum atomic E-state index is -4.80. The van der Waals surface area contributed by atoms with Gasteiger partial charge in [0.05, 0.1) is 12.8 Å². The maximum Gasteiger partial charge on any atom is 0.573 e. The molecule has 1 aromatic rings. The Morgan fingerprint density at radius 3 is 2.46 bits per heavy atom. The molecule has 1 aliphatic carbocycles. The molecule has 1 saturated carbocycles. The van der Waals surface area contributed by atoms with Crippen molar-refractivity contribution in [2.45, 2.75) is 45.0 Å². The van der Waals surface area contributed by atoms with Crippen LogP contribution >= 0.6 is 0 Å². The van der Waals surface area contributed by atoms with E-state index in [1.165, 1.54) is 13.2 Å². The third-order valence-corrected chi connectivity index (χ3v) is 4.00. The smallest absolute Gasteiger partial charge is 0.495 e. The van der Waals surface area contributed by atoms with Crippen LogP contribution in [0.1, 0.15) is 32.6 Å². The second-order valence-electron chi connectivity index (χ2n) is 5.97. The molecule has 1 aliphatic rings. The molecule has 0 saturated heterocycles. The Labute approximate surface area is 138 Å². The molecule has 0 spiro atoms. The van der Waals surface area contributed by atoms with Gasteiger partial charge in [-0.3, -0.25) is 0 Å². The number of urea groups is 1. The molecule has 0 unspecified atom stereocenters. The molecule has 5 nitrogen and oxygen atoms in total. The van der Waals surface area contributed by atoms with E-state index in [0.29, 0.717) is 5.92 Å². The summed E-state index contributed by atoms with van der Waals surface area (Å²) >= 11 is 0. The molecule has 1 aromatic carbocycles. The lowest BCUT2D eigenvalue weighted by Crippen LogP contribution is -2.40. The number of hydrogen-bond donors (Lipinski definition) is 2. The number of benzene rings is 1. The first-order valence-electron chi connectivity index (χ1n) is 7.78. The summed E-state index contributed by atoms with van der Waals surface area (Å²) in [6, 6.07) is 3.10. The predicted octanol–water partition coefficient (Wildman–Crippen LogP) is 4.29. The maximum atomic E-state index is 12.3. The molecule has 0 heterocycles. The zero-order valence-electron chi connectivity index (χ0n) is 13.6. The lowest BCUT2D eigenvalue weighted by atomic mass is 9.87. The second-order valence-corrected chi connectivity index (χ2v) is 5.97. The highest BCUT2D eigenvalue weighted by Crippen LogP contribution is 2.32. The van der Waals surface area contributed by atoms with Gasteiger partial charge in [-0.15, -0.1) is 13.2 Å². The van der Waals surface area contributed by atoms with Crippen LogP contribution in [0.15, 0.2) is 18.2 Å². The van der Waals surface area contributed by atoms with Crippen molar-refractivity contribution in [1.82, 2.24) is 5.32 Å². The van der Waals surface area contributed by atoms with Crippen LogP contribution in [0.4, 0.5) is 23.7 Å². The minimum Gasteiger partial charge on any atom is -0.495 e. The number of amides is 2. The number of hydrogen-bond acceptors (Lipinski definition) is 3. The van der Waals surface area contributed by atoms with Gasteiger partial charge >= 0.3 is 12.4 Å². The zero-order valence-corrected chi connectivity index (χ0v) is 13.6. The standard InChI is InChI=1S/C16H21F3N2O3/c1-10-3-5-11(6-4-10)20-15(22)21-13-9-12(24-16(17,18)19)7-8-14(13)23-2/h7-11H,3-6H2,1-2H3,(H2,20,21,22). The van der Waals surface area contributed by atoms with Gasteiger partial charge in [0.1, 0.15) is 11.5 Å². The largest absolute Gasteiger partial charge is 0.573 e. The minimum absolute atomic E-state index is 0.0711. The van der Waals surface area contributed by atoms with Crippen LogP contribution in [0, 0.1) is 5.92 Å². The van der Waals surface area contributed by atoms with E-state index in [9.17, 15) is 18.0 Å². The molecular formula is C16H21F3N2O3. The van der Waals surface area contributed by atoms with Crippen LogP contribution in [0.5, 0.6) is 11.5 Å². The first kappa shape index (κ1) is 18.2. The highest BCUT2D eigenvalue weighted by atomic mass is 19.4. The second kappa shape index (κ2) is 7.63. The number of nitrogens with one attached hydrogen (secondary N) is 2. The zero-order chi connectivity index (χ0) is 17.7. The van der Waals surface area contributed by atoms with E-state index in [1.54, 1.807) is 0 Å². The first-order chi connectivity index (χ1) is 11.3. The molecule has 1 fully saturated rings. The molecule has 2 N–H and O–H groups in total. The topological polar surface area (TPSA) is 59.6 Å². The highest BCUT2D eigenvalue weighted by molar-refractivity contribution is 5.91. The molecule has 2 amide bonds.